The van der Waals surface area contributed by atoms with Gasteiger partial charge in [-0.3, -0.25) is 10.1 Å². The van der Waals surface area contributed by atoms with E-state index in [-0.39, 0.29) is 5.69 Å². The van der Waals surface area contributed by atoms with Crippen molar-refractivity contribution in [2.24, 2.45) is 0 Å². The third-order valence-electron chi connectivity index (χ3n) is 3.29. The molecule has 1 aromatic carbocycles. The van der Waals surface area contributed by atoms with E-state index < -0.39 is 10.7 Å². The number of nitrogens with zero attached hydrogens (tertiary/aromatic N) is 2. The van der Waals surface area contributed by atoms with Crippen molar-refractivity contribution in [3.05, 3.63) is 34.1 Å². The van der Waals surface area contributed by atoms with Gasteiger partial charge in [0.25, 0.3) is 5.69 Å². The number of nitro benzene ring substituents is 1. The highest BCUT2D eigenvalue weighted by atomic mass is 19.1. The highest BCUT2D eigenvalue weighted by Crippen LogP contribution is 2.24. The van der Waals surface area contributed by atoms with Crippen molar-refractivity contribution in [2.45, 2.75) is 32.7 Å². The Balaban J connectivity index is 2.41. The van der Waals surface area contributed by atoms with Crippen LogP contribution in [0.25, 0.3) is 0 Å². The fourth-order valence-corrected chi connectivity index (χ4v) is 1.77. The maximum atomic E-state index is 13.0. The molecule has 0 bridgehead atoms. The van der Waals surface area contributed by atoms with Crippen LogP contribution in [-0.4, -0.2) is 36.0 Å². The van der Waals surface area contributed by atoms with Crippen molar-refractivity contribution in [1.82, 2.24) is 4.90 Å². The van der Waals surface area contributed by atoms with Gasteiger partial charge >= 0.3 is 0 Å². The van der Waals surface area contributed by atoms with Crippen molar-refractivity contribution in [3.63, 3.8) is 0 Å². The predicted molar refractivity (Wildman–Crippen MR) is 78.5 cm³/mol. The molecule has 5 nitrogen and oxygen atoms in total. The second kappa shape index (κ2) is 7.79. The minimum atomic E-state index is -0.596. The maximum Gasteiger partial charge on any atom is 0.295 e. The van der Waals surface area contributed by atoms with Crippen LogP contribution in [0.1, 0.15) is 26.7 Å². The summed E-state index contributed by atoms with van der Waals surface area (Å²) in [6, 6.07) is 4.09. The van der Waals surface area contributed by atoms with Crippen LogP contribution in [0, 0.1) is 15.9 Å². The molecule has 0 saturated carbocycles. The van der Waals surface area contributed by atoms with E-state index in [1.165, 1.54) is 12.1 Å². The van der Waals surface area contributed by atoms with Crippen molar-refractivity contribution in [2.75, 3.05) is 25.5 Å². The summed E-state index contributed by atoms with van der Waals surface area (Å²) in [7, 11) is 2.07. The second-order valence-electron chi connectivity index (χ2n) is 5.13. The number of unbranched alkanes of at least 4 members (excludes halogenated alkanes) is 1. The number of hydrogen-bond acceptors (Lipinski definition) is 4. The van der Waals surface area contributed by atoms with E-state index in [1.807, 2.05) is 0 Å². The first-order chi connectivity index (χ1) is 9.41. The Morgan fingerprint density at radius 3 is 2.70 bits per heavy atom. The summed E-state index contributed by atoms with van der Waals surface area (Å²) >= 11 is 0. The Morgan fingerprint density at radius 1 is 1.40 bits per heavy atom. The first kappa shape index (κ1) is 16.4. The van der Waals surface area contributed by atoms with Gasteiger partial charge in [-0.15, -0.1) is 0 Å². The summed E-state index contributed by atoms with van der Waals surface area (Å²) < 4.78 is 13.0. The van der Waals surface area contributed by atoms with Gasteiger partial charge in [0.1, 0.15) is 11.5 Å². The van der Waals surface area contributed by atoms with E-state index in [9.17, 15) is 14.5 Å². The van der Waals surface area contributed by atoms with E-state index in [0.717, 1.165) is 25.5 Å². The summed E-state index contributed by atoms with van der Waals surface area (Å²) in [5.74, 6) is -0.596. The van der Waals surface area contributed by atoms with Crippen LogP contribution in [0.15, 0.2) is 18.2 Å². The molecule has 0 aliphatic carbocycles. The zero-order chi connectivity index (χ0) is 15.1. The van der Waals surface area contributed by atoms with Crippen LogP contribution in [0.3, 0.4) is 0 Å². The van der Waals surface area contributed by atoms with Crippen LogP contribution >= 0.6 is 0 Å². The van der Waals surface area contributed by atoms with Crippen LogP contribution in [-0.2, 0) is 0 Å². The van der Waals surface area contributed by atoms with Crippen molar-refractivity contribution in [1.29, 1.82) is 0 Å². The van der Waals surface area contributed by atoms with Crippen molar-refractivity contribution in [3.8, 4) is 0 Å². The Bertz CT molecular complexity index is 452. The monoisotopic (exact) mass is 283 g/mol. The molecule has 20 heavy (non-hydrogen) atoms. The highest BCUT2D eigenvalue weighted by Gasteiger charge is 2.14. The highest BCUT2D eigenvalue weighted by molar-refractivity contribution is 5.61. The minimum Gasteiger partial charge on any atom is -0.379 e. The lowest BCUT2D eigenvalue weighted by molar-refractivity contribution is -0.384. The summed E-state index contributed by atoms with van der Waals surface area (Å²) in [4.78, 5) is 12.5. The molecule has 0 fully saturated rings. The molecule has 0 radical (unpaired) electrons. The third-order valence-corrected chi connectivity index (χ3v) is 3.29. The summed E-state index contributed by atoms with van der Waals surface area (Å²) in [5.41, 5.74) is 0.151. The largest absolute Gasteiger partial charge is 0.379 e. The molecule has 0 aromatic heterocycles. The predicted octanol–water partition coefficient (Wildman–Crippen LogP) is 3.27. The quantitative estimate of drug-likeness (QED) is 0.452. The van der Waals surface area contributed by atoms with Gasteiger partial charge in [-0.25, -0.2) is 4.39 Å². The SMILES string of the molecule is CC(C)N(C)CCCCNc1ccc(F)cc1[N+](=O)[O-]. The van der Waals surface area contributed by atoms with Gasteiger partial charge in [-0.2, -0.15) is 0 Å². The van der Waals surface area contributed by atoms with Crippen LogP contribution in [0.5, 0.6) is 0 Å². The lowest BCUT2D eigenvalue weighted by Crippen LogP contribution is -2.27. The molecule has 0 aliphatic rings. The molecule has 0 spiro atoms. The van der Waals surface area contributed by atoms with Crippen LogP contribution < -0.4 is 5.32 Å². The van der Waals surface area contributed by atoms with E-state index in [4.69, 9.17) is 0 Å². The number of nitrogens with one attached hydrogen (secondary N) is 1. The molecule has 1 N–H and O–H groups in total. The second-order valence-corrected chi connectivity index (χ2v) is 5.13. The molecule has 0 amide bonds. The Kier molecular flexibility index (Phi) is 6.38. The zero-order valence-electron chi connectivity index (χ0n) is 12.2. The third kappa shape index (κ3) is 5.13. The van der Waals surface area contributed by atoms with Gasteiger partial charge in [0.05, 0.1) is 11.0 Å². The van der Waals surface area contributed by atoms with Crippen molar-refractivity contribution >= 4 is 11.4 Å². The summed E-state index contributed by atoms with van der Waals surface area (Å²) in [5, 5.41) is 13.8. The van der Waals surface area contributed by atoms with E-state index in [2.05, 4.69) is 31.1 Å². The summed E-state index contributed by atoms with van der Waals surface area (Å²) in [6.45, 7) is 5.91. The number of halogens is 1. The molecular weight excluding hydrogens is 261 g/mol. The van der Waals surface area contributed by atoms with Crippen LogP contribution in [0.4, 0.5) is 15.8 Å². The van der Waals surface area contributed by atoms with E-state index in [0.29, 0.717) is 18.3 Å². The zero-order valence-corrected chi connectivity index (χ0v) is 12.2. The number of hydrogen-bond donors (Lipinski definition) is 1. The average Bonchev–Trinajstić information content (AvgIpc) is 2.39. The molecule has 0 aliphatic heterocycles. The normalized spacial score (nSPS) is 11.1. The fourth-order valence-electron chi connectivity index (χ4n) is 1.77. The van der Waals surface area contributed by atoms with E-state index >= 15 is 0 Å². The first-order valence-corrected chi connectivity index (χ1v) is 6.80. The molecule has 112 valence electrons. The lowest BCUT2D eigenvalue weighted by atomic mass is 10.2. The Morgan fingerprint density at radius 2 is 2.10 bits per heavy atom. The smallest absolute Gasteiger partial charge is 0.295 e. The van der Waals surface area contributed by atoms with Crippen molar-refractivity contribution < 1.29 is 9.31 Å². The van der Waals surface area contributed by atoms with Gasteiger partial charge < -0.3 is 10.2 Å². The molecule has 0 atom stereocenters. The molecule has 1 aromatic rings. The molecule has 0 saturated heterocycles. The average molecular weight is 283 g/mol. The Labute approximate surface area is 118 Å². The van der Waals surface area contributed by atoms with Gasteiger partial charge in [0.2, 0.25) is 0 Å². The molecule has 1 rings (SSSR count). The first-order valence-electron chi connectivity index (χ1n) is 6.80. The standard InChI is InChI=1S/C14H22FN3O2/c1-11(2)17(3)9-5-4-8-16-13-7-6-12(15)10-14(13)18(19)20/h6-7,10-11,16H,4-5,8-9H2,1-3H3. The van der Waals surface area contributed by atoms with Crippen LogP contribution in [0.2, 0.25) is 0 Å². The van der Waals surface area contributed by atoms with Gasteiger partial charge in [-0.05, 0) is 52.4 Å². The maximum absolute atomic E-state index is 13.0. The number of rotatable bonds is 8. The van der Waals surface area contributed by atoms with Gasteiger partial charge in [0, 0.05) is 12.6 Å². The number of nitro groups is 1. The number of benzene rings is 1. The molecule has 0 unspecified atom stereocenters. The molecule has 0 heterocycles. The Hall–Kier alpha value is -1.69. The summed E-state index contributed by atoms with van der Waals surface area (Å²) in [6.07, 6.45) is 1.92. The van der Waals surface area contributed by atoms with Gasteiger partial charge in [0.15, 0.2) is 0 Å². The molecular formula is C14H22FN3O2. The number of anilines is 1. The minimum absolute atomic E-state index is 0.218. The fraction of sp³-hybridized carbons (Fsp3) is 0.571. The lowest BCUT2D eigenvalue weighted by Gasteiger charge is -2.20. The topological polar surface area (TPSA) is 58.4 Å². The van der Waals surface area contributed by atoms with E-state index in [1.54, 1.807) is 0 Å². The van der Waals surface area contributed by atoms with Gasteiger partial charge in [-0.1, -0.05) is 0 Å². The molecule has 6 heteroatoms.